The molecule has 1 N–H and O–H groups in total. The molecular weight excluding hydrogens is 336 g/mol. The van der Waals surface area contributed by atoms with Crippen LogP contribution in [0.25, 0.3) is 0 Å². The molecule has 1 aliphatic carbocycles. The van der Waals surface area contributed by atoms with E-state index >= 15 is 0 Å². The van der Waals surface area contributed by atoms with Gasteiger partial charge in [0.2, 0.25) is 0 Å². The summed E-state index contributed by atoms with van der Waals surface area (Å²) in [5, 5.41) is 10.5. The molecular formula is C16H21BrO4. The Kier molecular flexibility index (Phi) is 5.65. The Morgan fingerprint density at radius 1 is 1.33 bits per heavy atom. The van der Waals surface area contributed by atoms with Gasteiger partial charge >= 0.3 is 5.97 Å². The first-order valence-electron chi connectivity index (χ1n) is 7.30. The molecule has 5 heteroatoms. The molecule has 0 spiro atoms. The van der Waals surface area contributed by atoms with Crippen LogP contribution in [0.1, 0.15) is 32.6 Å². The van der Waals surface area contributed by atoms with Gasteiger partial charge in [0.15, 0.2) is 0 Å². The van der Waals surface area contributed by atoms with Gasteiger partial charge in [0.05, 0.1) is 18.1 Å². The Labute approximate surface area is 133 Å². The molecule has 1 aromatic rings. The van der Waals surface area contributed by atoms with Crippen molar-refractivity contribution in [1.82, 2.24) is 0 Å². The summed E-state index contributed by atoms with van der Waals surface area (Å²) in [6, 6.07) is 7.52. The summed E-state index contributed by atoms with van der Waals surface area (Å²) in [6.45, 7) is 2.47. The first-order valence-corrected chi connectivity index (χ1v) is 8.09. The van der Waals surface area contributed by atoms with E-state index in [9.17, 15) is 9.90 Å². The second-order valence-corrected chi connectivity index (χ2v) is 6.41. The minimum absolute atomic E-state index is 0.0853. The van der Waals surface area contributed by atoms with E-state index in [2.05, 4.69) is 15.9 Å². The molecule has 0 atom stereocenters. The van der Waals surface area contributed by atoms with Crippen molar-refractivity contribution in [2.45, 2.75) is 38.2 Å². The van der Waals surface area contributed by atoms with Gasteiger partial charge in [0.25, 0.3) is 0 Å². The van der Waals surface area contributed by atoms with E-state index in [1.165, 1.54) is 0 Å². The highest BCUT2D eigenvalue weighted by molar-refractivity contribution is 9.10. The monoisotopic (exact) mass is 356 g/mol. The molecule has 2 rings (SSSR count). The second kappa shape index (κ2) is 7.27. The van der Waals surface area contributed by atoms with E-state index in [4.69, 9.17) is 9.47 Å². The number of rotatable bonds is 5. The van der Waals surface area contributed by atoms with Gasteiger partial charge < -0.3 is 14.6 Å². The standard InChI is InChI=1S/C16H21BrO4/c1-2-20-15(18)12-7-9-16(19,10-8-12)11-21-14-5-3-13(17)4-6-14/h3-6,12,19H,2,7-11H2,1H3. The fourth-order valence-corrected chi connectivity index (χ4v) is 2.81. The average molecular weight is 357 g/mol. The predicted molar refractivity (Wildman–Crippen MR) is 83.2 cm³/mol. The van der Waals surface area contributed by atoms with E-state index in [-0.39, 0.29) is 18.5 Å². The van der Waals surface area contributed by atoms with E-state index in [0.29, 0.717) is 32.3 Å². The summed E-state index contributed by atoms with van der Waals surface area (Å²) in [5.41, 5.74) is -0.851. The Balaban J connectivity index is 1.82. The molecule has 0 saturated heterocycles. The molecule has 1 aromatic carbocycles. The van der Waals surface area contributed by atoms with Gasteiger partial charge in [0, 0.05) is 4.47 Å². The number of halogens is 1. The van der Waals surface area contributed by atoms with Crippen molar-refractivity contribution in [3.8, 4) is 5.75 Å². The van der Waals surface area contributed by atoms with Crippen LogP contribution < -0.4 is 4.74 Å². The van der Waals surface area contributed by atoms with Crippen molar-refractivity contribution in [2.24, 2.45) is 5.92 Å². The number of ether oxygens (including phenoxy) is 2. The summed E-state index contributed by atoms with van der Waals surface area (Å²) in [7, 11) is 0. The Hall–Kier alpha value is -1.07. The summed E-state index contributed by atoms with van der Waals surface area (Å²) in [6.07, 6.45) is 2.43. The molecule has 1 saturated carbocycles. The zero-order valence-electron chi connectivity index (χ0n) is 12.2. The van der Waals surface area contributed by atoms with Gasteiger partial charge in [-0.2, -0.15) is 0 Å². The molecule has 1 aliphatic rings. The molecule has 0 amide bonds. The van der Waals surface area contributed by atoms with Crippen LogP contribution in [0.2, 0.25) is 0 Å². The quantitative estimate of drug-likeness (QED) is 0.822. The molecule has 0 bridgehead atoms. The highest BCUT2D eigenvalue weighted by Crippen LogP contribution is 2.33. The summed E-state index contributed by atoms with van der Waals surface area (Å²) in [5.74, 6) is 0.505. The lowest BCUT2D eigenvalue weighted by molar-refractivity contribution is -0.151. The topological polar surface area (TPSA) is 55.8 Å². The maximum absolute atomic E-state index is 11.7. The number of esters is 1. The van der Waals surface area contributed by atoms with Crippen LogP contribution in [0.5, 0.6) is 5.75 Å². The molecule has 0 aromatic heterocycles. The number of hydrogen-bond donors (Lipinski definition) is 1. The fraction of sp³-hybridized carbons (Fsp3) is 0.562. The largest absolute Gasteiger partial charge is 0.491 e. The van der Waals surface area contributed by atoms with E-state index < -0.39 is 5.60 Å². The zero-order chi connectivity index (χ0) is 15.3. The first-order chi connectivity index (χ1) is 10.0. The summed E-state index contributed by atoms with van der Waals surface area (Å²) >= 11 is 3.37. The predicted octanol–water partition coefficient (Wildman–Crippen LogP) is 3.31. The molecule has 116 valence electrons. The smallest absolute Gasteiger partial charge is 0.308 e. The highest BCUT2D eigenvalue weighted by Gasteiger charge is 2.37. The van der Waals surface area contributed by atoms with Crippen LogP contribution >= 0.6 is 15.9 Å². The number of benzene rings is 1. The van der Waals surface area contributed by atoms with Crippen molar-refractivity contribution in [3.05, 3.63) is 28.7 Å². The number of carbonyl (C=O) groups is 1. The third-order valence-electron chi connectivity index (χ3n) is 3.86. The summed E-state index contributed by atoms with van der Waals surface area (Å²) in [4.78, 5) is 11.7. The van der Waals surface area contributed by atoms with Gasteiger partial charge in [-0.25, -0.2) is 0 Å². The lowest BCUT2D eigenvalue weighted by Crippen LogP contribution is -2.41. The third-order valence-corrected chi connectivity index (χ3v) is 4.39. The van der Waals surface area contributed by atoms with Crippen LogP contribution in [0, 0.1) is 5.92 Å². The molecule has 0 unspecified atom stereocenters. The van der Waals surface area contributed by atoms with Crippen LogP contribution in [0.15, 0.2) is 28.7 Å². The van der Waals surface area contributed by atoms with Crippen molar-refractivity contribution < 1.29 is 19.4 Å². The molecule has 1 fully saturated rings. The average Bonchev–Trinajstić information content (AvgIpc) is 2.48. The number of carbonyl (C=O) groups excluding carboxylic acids is 1. The lowest BCUT2D eigenvalue weighted by Gasteiger charge is -2.34. The van der Waals surface area contributed by atoms with Gasteiger partial charge in [-0.3, -0.25) is 4.79 Å². The third kappa shape index (κ3) is 4.71. The minimum Gasteiger partial charge on any atom is -0.491 e. The normalized spacial score (nSPS) is 25.4. The van der Waals surface area contributed by atoms with E-state index in [0.717, 1.165) is 10.2 Å². The molecule has 21 heavy (non-hydrogen) atoms. The van der Waals surface area contributed by atoms with Crippen LogP contribution in [0.4, 0.5) is 0 Å². The maximum Gasteiger partial charge on any atom is 0.308 e. The molecule has 0 radical (unpaired) electrons. The van der Waals surface area contributed by atoms with E-state index in [1.807, 2.05) is 31.2 Å². The minimum atomic E-state index is -0.851. The van der Waals surface area contributed by atoms with Crippen molar-refractivity contribution in [3.63, 3.8) is 0 Å². The van der Waals surface area contributed by atoms with Crippen molar-refractivity contribution in [2.75, 3.05) is 13.2 Å². The van der Waals surface area contributed by atoms with Crippen LogP contribution in [0.3, 0.4) is 0 Å². The second-order valence-electron chi connectivity index (χ2n) is 5.49. The number of hydrogen-bond acceptors (Lipinski definition) is 4. The molecule has 4 nitrogen and oxygen atoms in total. The van der Waals surface area contributed by atoms with Gasteiger partial charge in [-0.15, -0.1) is 0 Å². The van der Waals surface area contributed by atoms with E-state index in [1.54, 1.807) is 0 Å². The number of aliphatic hydroxyl groups is 1. The van der Waals surface area contributed by atoms with Gasteiger partial charge in [0.1, 0.15) is 12.4 Å². The van der Waals surface area contributed by atoms with Crippen LogP contribution in [-0.4, -0.2) is 29.9 Å². The lowest BCUT2D eigenvalue weighted by atomic mass is 9.79. The molecule has 0 heterocycles. The highest BCUT2D eigenvalue weighted by atomic mass is 79.9. The first kappa shape index (κ1) is 16.3. The molecule has 0 aliphatic heterocycles. The fourth-order valence-electron chi connectivity index (χ4n) is 2.54. The van der Waals surface area contributed by atoms with Gasteiger partial charge in [-0.05, 0) is 56.9 Å². The van der Waals surface area contributed by atoms with Crippen molar-refractivity contribution >= 4 is 21.9 Å². The SMILES string of the molecule is CCOC(=O)C1CCC(O)(COc2ccc(Br)cc2)CC1. The van der Waals surface area contributed by atoms with Crippen molar-refractivity contribution in [1.29, 1.82) is 0 Å². The Morgan fingerprint density at radius 3 is 2.52 bits per heavy atom. The summed E-state index contributed by atoms with van der Waals surface area (Å²) < 4.78 is 11.7. The zero-order valence-corrected chi connectivity index (χ0v) is 13.8. The van der Waals surface area contributed by atoms with Crippen LogP contribution in [-0.2, 0) is 9.53 Å². The van der Waals surface area contributed by atoms with Gasteiger partial charge in [-0.1, -0.05) is 15.9 Å². The Bertz CT molecular complexity index is 464. The Morgan fingerprint density at radius 2 is 1.95 bits per heavy atom. The maximum atomic E-state index is 11.7.